The number of rotatable bonds is 5. The van der Waals surface area contributed by atoms with E-state index in [-0.39, 0.29) is 5.41 Å². The second-order valence-electron chi connectivity index (χ2n) is 20.3. The fraction of sp³-hybridized carbons (Fsp3) is 0.0571. The molecule has 1 heteroatoms. The topological polar surface area (TPSA) is 3.24 Å². The highest BCUT2D eigenvalue weighted by atomic mass is 15.1. The van der Waals surface area contributed by atoms with Gasteiger partial charge in [0, 0.05) is 22.4 Å². The molecule has 12 aromatic rings. The Morgan fingerprint density at radius 3 is 1.28 bits per heavy atom. The van der Waals surface area contributed by atoms with Crippen LogP contribution in [0.1, 0.15) is 47.2 Å². The van der Waals surface area contributed by atoms with Crippen LogP contribution in [0.4, 0.5) is 17.1 Å². The Morgan fingerprint density at radius 2 is 0.676 bits per heavy atom. The van der Waals surface area contributed by atoms with Gasteiger partial charge in [0.2, 0.25) is 0 Å². The molecule has 332 valence electrons. The first-order valence-corrected chi connectivity index (χ1v) is 25.0. The summed E-state index contributed by atoms with van der Waals surface area (Å²) in [6.07, 6.45) is 0. The summed E-state index contributed by atoms with van der Waals surface area (Å²) < 4.78 is 0. The molecule has 0 fully saturated rings. The Morgan fingerprint density at radius 1 is 0.254 bits per heavy atom. The molecule has 0 heterocycles. The largest absolute Gasteiger partial charge is 0.310 e. The van der Waals surface area contributed by atoms with Crippen LogP contribution < -0.4 is 4.90 Å². The fourth-order valence-electron chi connectivity index (χ4n) is 13.3. The predicted octanol–water partition coefficient (Wildman–Crippen LogP) is 18.6. The van der Waals surface area contributed by atoms with Gasteiger partial charge in [0.1, 0.15) is 0 Å². The molecule has 0 saturated carbocycles. The van der Waals surface area contributed by atoms with Crippen molar-refractivity contribution in [2.75, 3.05) is 4.90 Å². The van der Waals surface area contributed by atoms with Crippen LogP contribution in [0, 0.1) is 0 Å². The zero-order valence-corrected chi connectivity index (χ0v) is 39.6. The van der Waals surface area contributed by atoms with Gasteiger partial charge in [0.25, 0.3) is 0 Å². The molecule has 0 aromatic heterocycles. The first kappa shape index (κ1) is 40.1. The second kappa shape index (κ2) is 14.9. The van der Waals surface area contributed by atoms with Gasteiger partial charge in [0.15, 0.2) is 0 Å². The molecule has 3 aliphatic rings. The van der Waals surface area contributed by atoms with Crippen LogP contribution in [0.15, 0.2) is 249 Å². The van der Waals surface area contributed by atoms with E-state index in [0.29, 0.717) is 0 Å². The lowest BCUT2D eigenvalue weighted by Gasteiger charge is -2.34. The zero-order valence-electron chi connectivity index (χ0n) is 39.6. The first-order valence-electron chi connectivity index (χ1n) is 25.0. The normalized spacial score (nSPS) is 14.0. The monoisotopic (exact) mass is 901 g/mol. The van der Waals surface area contributed by atoms with Crippen molar-refractivity contribution in [2.45, 2.75) is 24.7 Å². The highest BCUT2D eigenvalue weighted by Crippen LogP contribution is 2.64. The van der Waals surface area contributed by atoms with E-state index < -0.39 is 5.41 Å². The van der Waals surface area contributed by atoms with E-state index in [9.17, 15) is 0 Å². The van der Waals surface area contributed by atoms with E-state index in [0.717, 1.165) is 17.1 Å². The third kappa shape index (κ3) is 5.52. The third-order valence-corrected chi connectivity index (χ3v) is 16.5. The Hall–Kier alpha value is -8.78. The maximum atomic E-state index is 2.59. The zero-order chi connectivity index (χ0) is 47.0. The van der Waals surface area contributed by atoms with Crippen molar-refractivity contribution in [1.82, 2.24) is 0 Å². The SMILES string of the molecule is CC1(C)c2ccccc2-c2ccc(N(c3ccc4c5ccccc5c5ccccc5c4c3)c3cc4c(cc3-c3ccc(-c5ccccc5)cc3)-c3ccccc3C43c4ccccc4-c4ccccc43)cc21. The Balaban J connectivity index is 1.07. The molecule has 1 spiro atoms. The molecule has 0 unspecified atom stereocenters. The summed E-state index contributed by atoms with van der Waals surface area (Å²) in [5, 5.41) is 7.58. The minimum atomic E-state index is -0.519. The van der Waals surface area contributed by atoms with Crippen LogP contribution >= 0.6 is 0 Å². The number of hydrogen-bond donors (Lipinski definition) is 0. The summed E-state index contributed by atoms with van der Waals surface area (Å²) in [6.45, 7) is 4.79. The van der Waals surface area contributed by atoms with Gasteiger partial charge in [-0.1, -0.05) is 226 Å². The summed E-state index contributed by atoms with van der Waals surface area (Å²) in [4.78, 5) is 2.59. The smallest absolute Gasteiger partial charge is 0.0726 e. The molecule has 12 aromatic carbocycles. The number of benzene rings is 12. The molecule has 0 bridgehead atoms. The van der Waals surface area contributed by atoms with Gasteiger partial charge in [0.05, 0.1) is 11.1 Å². The molecule has 15 rings (SSSR count). The Bertz CT molecular complexity index is 4110. The highest BCUT2D eigenvalue weighted by Gasteiger charge is 2.52. The molecule has 0 radical (unpaired) electrons. The number of fused-ring (bicyclic) bond motifs is 19. The molecule has 0 amide bonds. The van der Waals surface area contributed by atoms with Crippen molar-refractivity contribution in [3.8, 4) is 55.6 Å². The lowest BCUT2D eigenvalue weighted by molar-refractivity contribution is 0.660. The summed E-state index contributed by atoms with van der Waals surface area (Å²) in [7, 11) is 0. The second-order valence-corrected chi connectivity index (χ2v) is 20.3. The van der Waals surface area contributed by atoms with Crippen molar-refractivity contribution in [2.24, 2.45) is 0 Å². The summed E-state index contributed by atoms with van der Waals surface area (Å²) >= 11 is 0. The van der Waals surface area contributed by atoms with Crippen molar-refractivity contribution in [3.63, 3.8) is 0 Å². The standard InChI is InChI=1S/C70H47N/c1-69(2)62-28-14-10-24-54(62)58-39-37-48(41-66(58)69)71(47-36-38-53-51-22-7-6-20-49(51)50-21-8-9-23-52(50)60(53)40-47)68-43-67-61(42-59(68)46-34-32-45(33-35-46)44-18-4-3-5-19-44)57-27-13-17-31-65(57)70(67)63-29-15-11-25-55(63)56-26-12-16-30-64(56)70/h3-43H,1-2H3. The number of hydrogen-bond acceptors (Lipinski definition) is 1. The van der Waals surface area contributed by atoms with Crippen LogP contribution in [0.25, 0.3) is 88.0 Å². The summed E-state index contributed by atoms with van der Waals surface area (Å²) in [5.41, 5.74) is 23.3. The molecule has 0 N–H and O–H groups in total. The lowest BCUT2D eigenvalue weighted by atomic mass is 9.70. The van der Waals surface area contributed by atoms with Gasteiger partial charge in [-0.25, -0.2) is 0 Å². The van der Waals surface area contributed by atoms with E-state index >= 15 is 0 Å². The average Bonchev–Trinajstić information content (AvgIpc) is 4.00. The molecule has 71 heavy (non-hydrogen) atoms. The number of anilines is 3. The van der Waals surface area contributed by atoms with E-state index in [2.05, 4.69) is 267 Å². The lowest BCUT2D eigenvalue weighted by Crippen LogP contribution is -2.26. The average molecular weight is 902 g/mol. The van der Waals surface area contributed by atoms with E-state index in [4.69, 9.17) is 0 Å². The van der Waals surface area contributed by atoms with E-state index in [1.54, 1.807) is 0 Å². The predicted molar refractivity (Wildman–Crippen MR) is 298 cm³/mol. The third-order valence-electron chi connectivity index (χ3n) is 16.5. The van der Waals surface area contributed by atoms with Crippen LogP contribution in [0.3, 0.4) is 0 Å². The molecular weight excluding hydrogens is 855 g/mol. The molecule has 0 atom stereocenters. The van der Waals surface area contributed by atoms with Gasteiger partial charge in [-0.2, -0.15) is 0 Å². The van der Waals surface area contributed by atoms with E-state index in [1.165, 1.54) is 121 Å². The molecule has 0 aliphatic heterocycles. The van der Waals surface area contributed by atoms with Crippen molar-refractivity contribution in [1.29, 1.82) is 0 Å². The maximum Gasteiger partial charge on any atom is 0.0726 e. The van der Waals surface area contributed by atoms with Crippen LogP contribution in [0.2, 0.25) is 0 Å². The van der Waals surface area contributed by atoms with Crippen LogP contribution in [-0.4, -0.2) is 0 Å². The summed E-state index contributed by atoms with van der Waals surface area (Å²) in [5.74, 6) is 0. The fourth-order valence-corrected chi connectivity index (χ4v) is 13.3. The van der Waals surface area contributed by atoms with Gasteiger partial charge in [-0.3, -0.25) is 0 Å². The van der Waals surface area contributed by atoms with Gasteiger partial charge < -0.3 is 4.90 Å². The van der Waals surface area contributed by atoms with Crippen molar-refractivity contribution >= 4 is 49.4 Å². The minimum Gasteiger partial charge on any atom is -0.310 e. The van der Waals surface area contributed by atoms with Crippen molar-refractivity contribution < 1.29 is 0 Å². The maximum absolute atomic E-state index is 2.59. The minimum absolute atomic E-state index is 0.191. The Labute approximate surface area is 414 Å². The number of nitrogens with zero attached hydrogens (tertiary/aromatic N) is 1. The molecule has 0 saturated heterocycles. The molecule has 3 aliphatic carbocycles. The van der Waals surface area contributed by atoms with Crippen LogP contribution in [0.5, 0.6) is 0 Å². The van der Waals surface area contributed by atoms with Gasteiger partial charge >= 0.3 is 0 Å². The highest BCUT2D eigenvalue weighted by molar-refractivity contribution is 6.26. The van der Waals surface area contributed by atoms with Crippen LogP contribution in [-0.2, 0) is 10.8 Å². The van der Waals surface area contributed by atoms with Gasteiger partial charge in [-0.05, 0) is 152 Å². The van der Waals surface area contributed by atoms with Gasteiger partial charge in [-0.15, -0.1) is 0 Å². The first-order chi connectivity index (χ1) is 35.0. The Kier molecular flexibility index (Phi) is 8.40. The van der Waals surface area contributed by atoms with Crippen molar-refractivity contribution in [3.05, 3.63) is 282 Å². The van der Waals surface area contributed by atoms with E-state index in [1.807, 2.05) is 0 Å². The molecular formula is C70H47N. The summed E-state index contributed by atoms with van der Waals surface area (Å²) in [6, 6.07) is 93.9. The molecule has 1 nitrogen and oxygen atoms in total. The quantitative estimate of drug-likeness (QED) is 0.156.